The first-order valence-corrected chi connectivity index (χ1v) is 8.45. The van der Waals surface area contributed by atoms with Crippen molar-refractivity contribution in [3.05, 3.63) is 63.7 Å². The van der Waals surface area contributed by atoms with Crippen molar-refractivity contribution in [2.45, 2.75) is 17.9 Å². The summed E-state index contributed by atoms with van der Waals surface area (Å²) in [4.78, 5) is 25.6. The summed E-state index contributed by atoms with van der Waals surface area (Å²) in [5.41, 5.74) is 0.971. The fourth-order valence-electron chi connectivity index (χ4n) is 2.06. The van der Waals surface area contributed by atoms with Gasteiger partial charge >= 0.3 is 5.97 Å². The molecule has 0 bridgehead atoms. The fourth-order valence-corrected chi connectivity index (χ4v) is 2.65. The topological polar surface area (TPSA) is 153 Å². The largest absolute Gasteiger partial charge is 0.506 e. The van der Waals surface area contributed by atoms with Gasteiger partial charge in [0, 0.05) is 6.07 Å². The summed E-state index contributed by atoms with van der Waals surface area (Å²) in [5, 5.41) is 18.7. The number of esters is 1. The number of ether oxygens (including phenoxy) is 1. The highest BCUT2D eigenvalue weighted by molar-refractivity contribution is 7.86. The van der Waals surface area contributed by atoms with E-state index in [9.17, 15) is 28.4 Å². The van der Waals surface area contributed by atoms with E-state index in [1.54, 1.807) is 18.2 Å². The lowest BCUT2D eigenvalue weighted by Gasteiger charge is -2.08. The first-order valence-electron chi connectivity index (χ1n) is 7.01. The monoisotopic (exact) mass is 383 g/mol. The summed E-state index contributed by atoms with van der Waals surface area (Å²) < 4.78 is 36.2. The number of nitrogens with zero attached hydrogens (tertiary/aromatic N) is 1. The SMILES string of the molecule is O=C(Cc1cccc(CO[N+](=O)[O-])c1)Oc1ccc(O)c(S(=O)(=O)O)c1. The predicted molar refractivity (Wildman–Crippen MR) is 85.5 cm³/mol. The Morgan fingerprint density at radius 1 is 1.15 bits per heavy atom. The molecule has 0 saturated carbocycles. The summed E-state index contributed by atoms with van der Waals surface area (Å²) in [5.74, 6) is -1.62. The first kappa shape index (κ1) is 19.1. The van der Waals surface area contributed by atoms with Gasteiger partial charge < -0.3 is 14.7 Å². The Labute approximate surface area is 147 Å². The molecule has 10 nitrogen and oxygen atoms in total. The number of carbonyl (C=O) groups excluding carboxylic acids is 1. The van der Waals surface area contributed by atoms with Crippen LogP contribution in [0.3, 0.4) is 0 Å². The lowest BCUT2D eigenvalue weighted by atomic mass is 10.1. The molecule has 2 rings (SSSR count). The molecule has 0 aliphatic carbocycles. The molecule has 0 heterocycles. The number of benzene rings is 2. The Morgan fingerprint density at radius 3 is 2.50 bits per heavy atom. The van der Waals surface area contributed by atoms with Gasteiger partial charge in [0.05, 0.1) is 6.42 Å². The molecule has 0 amide bonds. The zero-order valence-electron chi connectivity index (χ0n) is 13.1. The van der Waals surface area contributed by atoms with Gasteiger partial charge in [-0.1, -0.05) is 24.3 Å². The molecule has 0 fully saturated rings. The average molecular weight is 383 g/mol. The molecule has 2 aromatic rings. The maximum absolute atomic E-state index is 12.0. The highest BCUT2D eigenvalue weighted by Gasteiger charge is 2.17. The van der Waals surface area contributed by atoms with Crippen LogP contribution in [0.25, 0.3) is 0 Å². The van der Waals surface area contributed by atoms with Crippen molar-refractivity contribution in [3.8, 4) is 11.5 Å². The molecule has 0 saturated heterocycles. The lowest BCUT2D eigenvalue weighted by Crippen LogP contribution is -2.12. The molecule has 0 radical (unpaired) electrons. The van der Waals surface area contributed by atoms with Gasteiger partial charge in [-0.05, 0) is 23.3 Å². The van der Waals surface area contributed by atoms with E-state index >= 15 is 0 Å². The van der Waals surface area contributed by atoms with Crippen LogP contribution in [-0.4, -0.2) is 29.1 Å². The molecule has 0 spiro atoms. The Balaban J connectivity index is 2.07. The summed E-state index contributed by atoms with van der Waals surface area (Å²) in [7, 11) is -4.68. The highest BCUT2D eigenvalue weighted by Crippen LogP contribution is 2.27. The lowest BCUT2D eigenvalue weighted by molar-refractivity contribution is -0.763. The van der Waals surface area contributed by atoms with Crippen molar-refractivity contribution in [1.29, 1.82) is 0 Å². The van der Waals surface area contributed by atoms with E-state index in [0.29, 0.717) is 11.1 Å². The maximum atomic E-state index is 12.0. The maximum Gasteiger partial charge on any atom is 0.315 e. The van der Waals surface area contributed by atoms with Gasteiger partial charge in [-0.2, -0.15) is 8.42 Å². The van der Waals surface area contributed by atoms with Crippen LogP contribution >= 0.6 is 0 Å². The zero-order valence-corrected chi connectivity index (χ0v) is 13.9. The molecule has 0 atom stereocenters. The van der Waals surface area contributed by atoms with Crippen molar-refractivity contribution in [1.82, 2.24) is 0 Å². The van der Waals surface area contributed by atoms with E-state index < -0.39 is 31.8 Å². The Morgan fingerprint density at radius 2 is 1.85 bits per heavy atom. The molecule has 138 valence electrons. The van der Waals surface area contributed by atoms with Crippen LogP contribution in [0.5, 0.6) is 11.5 Å². The Hall–Kier alpha value is -3.18. The second kappa shape index (κ2) is 7.80. The van der Waals surface area contributed by atoms with E-state index in [1.807, 2.05) is 0 Å². The van der Waals surface area contributed by atoms with Gasteiger partial charge in [0.1, 0.15) is 23.0 Å². The normalized spacial score (nSPS) is 11.0. The quantitative estimate of drug-likeness (QED) is 0.238. The predicted octanol–water partition coefficient (Wildman–Crippen LogP) is 1.50. The van der Waals surface area contributed by atoms with E-state index in [1.165, 1.54) is 6.07 Å². The van der Waals surface area contributed by atoms with Crippen molar-refractivity contribution < 1.29 is 37.5 Å². The highest BCUT2D eigenvalue weighted by atomic mass is 32.2. The van der Waals surface area contributed by atoms with E-state index in [0.717, 1.165) is 18.2 Å². The van der Waals surface area contributed by atoms with Gasteiger partial charge in [-0.3, -0.25) is 9.35 Å². The number of hydrogen-bond acceptors (Lipinski definition) is 8. The first-order chi connectivity index (χ1) is 12.1. The summed E-state index contributed by atoms with van der Waals surface area (Å²) in [6.07, 6.45) is -0.200. The van der Waals surface area contributed by atoms with Crippen LogP contribution in [0, 0.1) is 10.1 Å². The number of hydrogen-bond donors (Lipinski definition) is 2. The van der Waals surface area contributed by atoms with Crippen LogP contribution in [0.2, 0.25) is 0 Å². The summed E-state index contributed by atoms with van der Waals surface area (Å²) in [6.45, 7) is -0.272. The average Bonchev–Trinajstić information content (AvgIpc) is 2.54. The molecule has 0 aliphatic rings. The van der Waals surface area contributed by atoms with Gasteiger partial charge in [-0.25, -0.2) is 0 Å². The zero-order chi connectivity index (χ0) is 19.3. The second-order valence-corrected chi connectivity index (χ2v) is 6.46. The fraction of sp³-hybridized carbons (Fsp3) is 0.133. The summed E-state index contributed by atoms with van der Waals surface area (Å²) in [6, 6.07) is 9.20. The van der Waals surface area contributed by atoms with Gasteiger partial charge in [0.25, 0.3) is 15.2 Å². The number of phenolic OH excluding ortho intramolecular Hbond substituents is 1. The van der Waals surface area contributed by atoms with Crippen LogP contribution in [-0.2, 0) is 32.8 Å². The second-order valence-electron chi connectivity index (χ2n) is 5.07. The molecular weight excluding hydrogens is 370 g/mol. The smallest absolute Gasteiger partial charge is 0.315 e. The van der Waals surface area contributed by atoms with Crippen LogP contribution in [0.15, 0.2) is 47.4 Å². The number of aromatic hydroxyl groups is 1. The molecule has 0 unspecified atom stereocenters. The summed E-state index contributed by atoms with van der Waals surface area (Å²) >= 11 is 0. The van der Waals surface area contributed by atoms with E-state index in [2.05, 4.69) is 4.84 Å². The van der Waals surface area contributed by atoms with E-state index in [4.69, 9.17) is 9.29 Å². The van der Waals surface area contributed by atoms with Crippen LogP contribution < -0.4 is 4.74 Å². The van der Waals surface area contributed by atoms with Crippen LogP contribution in [0.4, 0.5) is 0 Å². The van der Waals surface area contributed by atoms with Crippen molar-refractivity contribution in [2.75, 3.05) is 0 Å². The molecule has 2 aromatic carbocycles. The third-order valence-electron chi connectivity index (χ3n) is 3.12. The van der Waals surface area contributed by atoms with E-state index in [-0.39, 0.29) is 18.8 Å². The van der Waals surface area contributed by atoms with Gasteiger partial charge in [0.2, 0.25) is 0 Å². The number of carbonyl (C=O) groups is 1. The van der Waals surface area contributed by atoms with Gasteiger partial charge in [0.15, 0.2) is 0 Å². The molecular formula is C15H13NO9S. The van der Waals surface area contributed by atoms with Crippen molar-refractivity contribution >= 4 is 16.1 Å². The minimum atomic E-state index is -4.68. The van der Waals surface area contributed by atoms with Gasteiger partial charge in [-0.15, -0.1) is 10.1 Å². The third-order valence-corrected chi connectivity index (χ3v) is 4.00. The molecule has 2 N–H and O–H groups in total. The minimum Gasteiger partial charge on any atom is -0.506 e. The number of phenols is 1. The Bertz CT molecular complexity index is 940. The van der Waals surface area contributed by atoms with Crippen LogP contribution in [0.1, 0.15) is 11.1 Å². The molecule has 11 heteroatoms. The minimum absolute atomic E-state index is 0.187. The standard InChI is InChI=1S/C15H13NO9S/c17-13-5-4-12(8-14(13)26(21,22)23)25-15(18)7-10-2-1-3-11(6-10)9-24-16(19)20/h1-6,8,17H,7,9H2,(H,21,22,23). The van der Waals surface area contributed by atoms with Crippen molar-refractivity contribution in [2.24, 2.45) is 0 Å². The Kier molecular flexibility index (Phi) is 5.75. The molecule has 0 aromatic heterocycles. The third kappa shape index (κ3) is 5.43. The molecule has 0 aliphatic heterocycles. The number of rotatable bonds is 7. The van der Waals surface area contributed by atoms with Crippen molar-refractivity contribution in [3.63, 3.8) is 0 Å². The molecule has 26 heavy (non-hydrogen) atoms.